The molecule has 2 aromatic rings. The second-order valence-electron chi connectivity index (χ2n) is 7.62. The Hall–Kier alpha value is -2.40. The van der Waals surface area contributed by atoms with Gasteiger partial charge in [0.1, 0.15) is 5.82 Å². The fraction of sp³-hybridized carbons (Fsp3) is 0.455. The zero-order valence-corrected chi connectivity index (χ0v) is 16.0. The Labute approximate surface area is 161 Å². The van der Waals surface area contributed by atoms with Crippen molar-refractivity contribution in [2.24, 2.45) is 0 Å². The Kier molecular flexibility index (Phi) is 5.39. The molecule has 0 bridgehead atoms. The van der Waals surface area contributed by atoms with Crippen molar-refractivity contribution in [1.29, 1.82) is 0 Å². The lowest BCUT2D eigenvalue weighted by Gasteiger charge is -2.33. The minimum atomic E-state index is -0.0192. The van der Waals surface area contributed by atoms with Gasteiger partial charge >= 0.3 is 0 Å². The molecular formula is C22H28N4O. The van der Waals surface area contributed by atoms with Crippen molar-refractivity contribution in [1.82, 2.24) is 15.2 Å². The van der Waals surface area contributed by atoms with Gasteiger partial charge in [0.25, 0.3) is 5.91 Å². The van der Waals surface area contributed by atoms with Gasteiger partial charge in [0.05, 0.1) is 5.56 Å². The lowest BCUT2D eigenvalue weighted by Crippen LogP contribution is -2.44. The topological polar surface area (TPSA) is 48.5 Å². The van der Waals surface area contributed by atoms with Crippen LogP contribution in [0.1, 0.15) is 41.3 Å². The number of hydrogen-bond acceptors (Lipinski definition) is 4. The second-order valence-corrected chi connectivity index (χ2v) is 7.62. The summed E-state index contributed by atoms with van der Waals surface area (Å²) >= 11 is 0. The molecule has 2 aliphatic rings. The van der Waals surface area contributed by atoms with Crippen molar-refractivity contribution in [3.63, 3.8) is 0 Å². The van der Waals surface area contributed by atoms with Gasteiger partial charge in [-0.15, -0.1) is 0 Å². The maximum Gasteiger partial charge on any atom is 0.255 e. The van der Waals surface area contributed by atoms with Crippen molar-refractivity contribution in [2.45, 2.75) is 38.8 Å². The molecular weight excluding hydrogens is 336 g/mol. The van der Waals surface area contributed by atoms with E-state index in [1.807, 2.05) is 12.1 Å². The normalized spacial score (nSPS) is 18.2. The molecule has 1 N–H and O–H groups in total. The van der Waals surface area contributed by atoms with Crippen molar-refractivity contribution < 1.29 is 4.79 Å². The fourth-order valence-corrected chi connectivity index (χ4v) is 4.11. The zero-order valence-electron chi connectivity index (χ0n) is 16.0. The van der Waals surface area contributed by atoms with E-state index in [0.29, 0.717) is 18.2 Å². The molecule has 1 unspecified atom stereocenters. The van der Waals surface area contributed by atoms with Crippen LogP contribution in [0.15, 0.2) is 42.6 Å². The number of fused-ring (bicyclic) bond motifs is 1. The Morgan fingerprint density at radius 2 is 1.89 bits per heavy atom. The Morgan fingerprint density at radius 1 is 1.11 bits per heavy atom. The van der Waals surface area contributed by atoms with E-state index in [2.05, 4.69) is 51.3 Å². The van der Waals surface area contributed by atoms with Crippen LogP contribution in [0.3, 0.4) is 0 Å². The molecule has 3 heterocycles. The SMILES string of the molecule is CC(CNC(=O)c1cccnc1N1CCCC1)N1CCc2ccccc2C1. The van der Waals surface area contributed by atoms with Crippen LogP contribution >= 0.6 is 0 Å². The minimum absolute atomic E-state index is 0.0192. The van der Waals surface area contributed by atoms with E-state index in [0.717, 1.165) is 38.4 Å². The third kappa shape index (κ3) is 3.98. The quantitative estimate of drug-likeness (QED) is 0.886. The number of amides is 1. The van der Waals surface area contributed by atoms with Gasteiger partial charge in [-0.2, -0.15) is 0 Å². The van der Waals surface area contributed by atoms with E-state index in [1.165, 1.54) is 24.0 Å². The fourth-order valence-electron chi connectivity index (χ4n) is 4.11. The van der Waals surface area contributed by atoms with Crippen molar-refractivity contribution in [3.8, 4) is 0 Å². The summed E-state index contributed by atoms with van der Waals surface area (Å²) in [6.07, 6.45) is 5.20. The Bertz CT molecular complexity index is 800. The van der Waals surface area contributed by atoms with Crippen LogP contribution in [-0.4, -0.2) is 48.0 Å². The van der Waals surface area contributed by atoms with E-state index >= 15 is 0 Å². The standard InChI is InChI=1S/C22H28N4O/c1-17(26-14-10-18-7-2-3-8-19(18)16-26)15-24-22(27)20-9-6-11-23-21(20)25-12-4-5-13-25/h2-3,6-9,11,17H,4-5,10,12-16H2,1H3,(H,24,27). The molecule has 1 amide bonds. The van der Waals surface area contributed by atoms with Gasteiger partial charge in [0.2, 0.25) is 0 Å². The number of nitrogens with one attached hydrogen (secondary N) is 1. The third-order valence-corrected chi connectivity index (χ3v) is 5.78. The molecule has 27 heavy (non-hydrogen) atoms. The van der Waals surface area contributed by atoms with E-state index in [9.17, 15) is 4.79 Å². The van der Waals surface area contributed by atoms with Crippen LogP contribution in [0.5, 0.6) is 0 Å². The number of rotatable bonds is 5. The zero-order chi connectivity index (χ0) is 18.6. The first-order valence-electron chi connectivity index (χ1n) is 10.0. The van der Waals surface area contributed by atoms with E-state index in [-0.39, 0.29) is 5.91 Å². The monoisotopic (exact) mass is 364 g/mol. The Balaban J connectivity index is 1.37. The molecule has 0 aliphatic carbocycles. The molecule has 4 rings (SSSR count). The highest BCUT2D eigenvalue weighted by Crippen LogP contribution is 2.22. The van der Waals surface area contributed by atoms with E-state index < -0.39 is 0 Å². The highest BCUT2D eigenvalue weighted by molar-refractivity contribution is 5.98. The van der Waals surface area contributed by atoms with Crippen LogP contribution in [0.25, 0.3) is 0 Å². The number of nitrogens with zero attached hydrogens (tertiary/aromatic N) is 3. The summed E-state index contributed by atoms with van der Waals surface area (Å²) in [5, 5.41) is 3.14. The lowest BCUT2D eigenvalue weighted by molar-refractivity contribution is 0.0932. The minimum Gasteiger partial charge on any atom is -0.356 e. The maximum atomic E-state index is 12.8. The van der Waals surface area contributed by atoms with E-state index in [1.54, 1.807) is 6.20 Å². The lowest BCUT2D eigenvalue weighted by atomic mass is 9.99. The molecule has 1 aromatic heterocycles. The first-order valence-corrected chi connectivity index (χ1v) is 10.0. The first-order chi connectivity index (χ1) is 13.2. The van der Waals surface area contributed by atoms with Crippen molar-refractivity contribution >= 4 is 11.7 Å². The number of anilines is 1. The molecule has 2 aliphatic heterocycles. The summed E-state index contributed by atoms with van der Waals surface area (Å²) in [4.78, 5) is 22.0. The van der Waals surface area contributed by atoms with Gasteiger partial charge in [-0.3, -0.25) is 9.69 Å². The summed E-state index contributed by atoms with van der Waals surface area (Å²) in [6.45, 7) is 6.81. The van der Waals surface area contributed by atoms with E-state index in [4.69, 9.17) is 0 Å². The highest BCUT2D eigenvalue weighted by atomic mass is 16.1. The molecule has 1 atom stereocenters. The van der Waals surface area contributed by atoms with Gasteiger partial charge in [-0.05, 0) is 49.4 Å². The summed E-state index contributed by atoms with van der Waals surface area (Å²) in [6, 6.07) is 12.7. The van der Waals surface area contributed by atoms with Gasteiger partial charge in [0.15, 0.2) is 0 Å². The third-order valence-electron chi connectivity index (χ3n) is 5.78. The molecule has 5 heteroatoms. The van der Waals surface area contributed by atoms with Gasteiger partial charge in [-0.1, -0.05) is 24.3 Å². The summed E-state index contributed by atoms with van der Waals surface area (Å²) in [5.41, 5.74) is 3.55. The first kappa shape index (κ1) is 18.0. The van der Waals surface area contributed by atoms with Crippen molar-refractivity contribution in [3.05, 3.63) is 59.3 Å². The molecule has 1 fully saturated rings. The molecule has 0 radical (unpaired) electrons. The number of hydrogen-bond donors (Lipinski definition) is 1. The van der Waals surface area contributed by atoms with Crippen LogP contribution in [0.4, 0.5) is 5.82 Å². The van der Waals surface area contributed by atoms with Crippen molar-refractivity contribution in [2.75, 3.05) is 31.1 Å². The van der Waals surface area contributed by atoms with Gasteiger partial charge < -0.3 is 10.2 Å². The average Bonchev–Trinajstić information content (AvgIpc) is 3.26. The molecule has 1 saturated heterocycles. The Morgan fingerprint density at radius 3 is 2.70 bits per heavy atom. The number of carbonyl (C=O) groups is 1. The second kappa shape index (κ2) is 8.09. The highest BCUT2D eigenvalue weighted by Gasteiger charge is 2.23. The number of carbonyl (C=O) groups excluding carboxylic acids is 1. The van der Waals surface area contributed by atoms with Crippen LogP contribution in [0, 0.1) is 0 Å². The number of pyridine rings is 1. The molecule has 0 spiro atoms. The largest absolute Gasteiger partial charge is 0.356 e. The number of aromatic nitrogens is 1. The summed E-state index contributed by atoms with van der Waals surface area (Å²) < 4.78 is 0. The predicted molar refractivity (Wildman–Crippen MR) is 108 cm³/mol. The maximum absolute atomic E-state index is 12.8. The van der Waals surface area contributed by atoms with Gasteiger partial charge in [-0.25, -0.2) is 4.98 Å². The molecule has 142 valence electrons. The van der Waals surface area contributed by atoms with Gasteiger partial charge in [0, 0.05) is 45.0 Å². The number of benzene rings is 1. The van der Waals surface area contributed by atoms with Crippen LogP contribution in [-0.2, 0) is 13.0 Å². The molecule has 5 nitrogen and oxygen atoms in total. The molecule has 1 aromatic carbocycles. The smallest absolute Gasteiger partial charge is 0.255 e. The summed E-state index contributed by atoms with van der Waals surface area (Å²) in [7, 11) is 0. The van der Waals surface area contributed by atoms with Crippen LogP contribution in [0.2, 0.25) is 0 Å². The predicted octanol–water partition coefficient (Wildman–Crippen LogP) is 2.86. The average molecular weight is 364 g/mol. The van der Waals surface area contributed by atoms with Crippen LogP contribution < -0.4 is 10.2 Å². The summed E-state index contributed by atoms with van der Waals surface area (Å²) in [5.74, 6) is 0.807. The molecule has 0 saturated carbocycles.